The van der Waals surface area contributed by atoms with Crippen molar-refractivity contribution in [1.82, 2.24) is 9.97 Å². The molecule has 0 unspecified atom stereocenters. The van der Waals surface area contributed by atoms with Crippen LogP contribution in [-0.4, -0.2) is 9.97 Å². The van der Waals surface area contributed by atoms with E-state index in [4.69, 9.17) is 0 Å². The van der Waals surface area contributed by atoms with Crippen molar-refractivity contribution in [1.29, 1.82) is 0 Å². The van der Waals surface area contributed by atoms with Crippen molar-refractivity contribution >= 4 is 21.7 Å². The Morgan fingerprint density at radius 2 is 1.94 bits per heavy atom. The number of hydrogen-bond donors (Lipinski definition) is 2. The molecular formula is C13H14BrN3O. The summed E-state index contributed by atoms with van der Waals surface area (Å²) < 4.78 is 0.426. The molecule has 0 radical (unpaired) electrons. The van der Waals surface area contributed by atoms with E-state index < -0.39 is 0 Å². The first-order valence-electron chi connectivity index (χ1n) is 5.75. The Bertz CT molecular complexity index is 578. The van der Waals surface area contributed by atoms with E-state index in [2.05, 4.69) is 62.4 Å². The summed E-state index contributed by atoms with van der Waals surface area (Å²) in [7, 11) is 0. The van der Waals surface area contributed by atoms with Crippen LogP contribution in [0.2, 0.25) is 0 Å². The standard InChI is InChI=1S/C13H14BrN3O/c1-2-9-3-5-10(6-4-9)7-15-12-11(14)13(18)17-8-16-12/h3-6,8H,2,7H2,1H3,(H2,15,16,17,18). The van der Waals surface area contributed by atoms with Gasteiger partial charge in [-0.3, -0.25) is 4.79 Å². The molecule has 0 aliphatic rings. The van der Waals surface area contributed by atoms with Crippen molar-refractivity contribution in [2.24, 2.45) is 0 Å². The maximum absolute atomic E-state index is 11.4. The molecule has 5 heteroatoms. The number of H-pyrrole nitrogens is 1. The highest BCUT2D eigenvalue weighted by Gasteiger charge is 2.04. The van der Waals surface area contributed by atoms with Gasteiger partial charge in [-0.25, -0.2) is 4.98 Å². The van der Waals surface area contributed by atoms with Gasteiger partial charge in [-0.15, -0.1) is 0 Å². The fourth-order valence-electron chi connectivity index (χ4n) is 1.58. The molecule has 2 rings (SSSR count). The summed E-state index contributed by atoms with van der Waals surface area (Å²) in [5.74, 6) is 0.554. The van der Waals surface area contributed by atoms with Crippen LogP contribution >= 0.6 is 15.9 Å². The number of nitrogens with zero attached hydrogens (tertiary/aromatic N) is 1. The van der Waals surface area contributed by atoms with Gasteiger partial charge in [0, 0.05) is 6.54 Å². The normalized spacial score (nSPS) is 10.3. The largest absolute Gasteiger partial charge is 0.365 e. The molecule has 0 saturated heterocycles. The molecule has 0 bridgehead atoms. The Hall–Kier alpha value is -1.62. The number of aromatic amines is 1. The molecule has 18 heavy (non-hydrogen) atoms. The minimum absolute atomic E-state index is 0.186. The monoisotopic (exact) mass is 307 g/mol. The molecule has 0 aliphatic heterocycles. The van der Waals surface area contributed by atoms with Crippen molar-refractivity contribution in [3.8, 4) is 0 Å². The van der Waals surface area contributed by atoms with Crippen LogP contribution in [0.5, 0.6) is 0 Å². The minimum atomic E-state index is -0.186. The third kappa shape index (κ3) is 2.98. The maximum atomic E-state index is 11.4. The van der Waals surface area contributed by atoms with Crippen LogP contribution in [0.25, 0.3) is 0 Å². The lowest BCUT2D eigenvalue weighted by Crippen LogP contribution is -2.12. The van der Waals surface area contributed by atoms with E-state index in [1.165, 1.54) is 11.9 Å². The van der Waals surface area contributed by atoms with Gasteiger partial charge < -0.3 is 10.3 Å². The molecule has 1 heterocycles. The maximum Gasteiger partial charge on any atom is 0.267 e. The summed E-state index contributed by atoms with van der Waals surface area (Å²) in [6.07, 6.45) is 2.42. The lowest BCUT2D eigenvalue weighted by atomic mass is 10.1. The highest BCUT2D eigenvalue weighted by molar-refractivity contribution is 9.10. The van der Waals surface area contributed by atoms with Crippen LogP contribution in [0.15, 0.2) is 39.9 Å². The SMILES string of the molecule is CCc1ccc(CNc2nc[nH]c(=O)c2Br)cc1. The van der Waals surface area contributed by atoms with E-state index >= 15 is 0 Å². The van der Waals surface area contributed by atoms with E-state index in [-0.39, 0.29) is 5.56 Å². The predicted molar refractivity (Wildman–Crippen MR) is 75.7 cm³/mol. The van der Waals surface area contributed by atoms with Gasteiger partial charge >= 0.3 is 0 Å². The van der Waals surface area contributed by atoms with Crippen LogP contribution in [0.1, 0.15) is 18.1 Å². The second-order valence-corrected chi connectivity index (χ2v) is 4.71. The first-order valence-corrected chi connectivity index (χ1v) is 6.55. The summed E-state index contributed by atoms with van der Waals surface area (Å²) in [5, 5.41) is 3.13. The number of halogens is 1. The van der Waals surface area contributed by atoms with Crippen LogP contribution < -0.4 is 10.9 Å². The molecule has 94 valence electrons. The van der Waals surface area contributed by atoms with Gasteiger partial charge in [0.2, 0.25) is 0 Å². The number of anilines is 1. The molecule has 0 spiro atoms. The molecule has 0 fully saturated rings. The van der Waals surface area contributed by atoms with E-state index in [1.54, 1.807) is 0 Å². The van der Waals surface area contributed by atoms with Gasteiger partial charge in [-0.2, -0.15) is 0 Å². The van der Waals surface area contributed by atoms with Crippen molar-refractivity contribution in [3.63, 3.8) is 0 Å². The zero-order valence-corrected chi connectivity index (χ0v) is 11.6. The topological polar surface area (TPSA) is 57.8 Å². The third-order valence-corrected chi connectivity index (χ3v) is 3.42. The minimum Gasteiger partial charge on any atom is -0.365 e. The van der Waals surface area contributed by atoms with E-state index in [9.17, 15) is 4.79 Å². The number of aromatic nitrogens is 2. The average molecular weight is 308 g/mol. The zero-order valence-electron chi connectivity index (χ0n) is 10.0. The lowest BCUT2D eigenvalue weighted by molar-refractivity contribution is 1.04. The van der Waals surface area contributed by atoms with Crippen molar-refractivity contribution in [2.75, 3.05) is 5.32 Å². The molecule has 2 aromatic rings. The second kappa shape index (κ2) is 5.82. The summed E-state index contributed by atoms with van der Waals surface area (Å²) in [4.78, 5) is 17.9. The fourth-order valence-corrected chi connectivity index (χ4v) is 1.94. The summed E-state index contributed by atoms with van der Waals surface area (Å²) in [6.45, 7) is 2.77. The summed E-state index contributed by atoms with van der Waals surface area (Å²) >= 11 is 3.21. The average Bonchev–Trinajstić information content (AvgIpc) is 2.41. The van der Waals surface area contributed by atoms with Gasteiger partial charge in [0.1, 0.15) is 10.3 Å². The number of nitrogens with one attached hydrogen (secondary N) is 2. The first kappa shape index (κ1) is 12.8. The molecule has 1 aromatic heterocycles. The fraction of sp³-hybridized carbons (Fsp3) is 0.231. The van der Waals surface area contributed by atoms with Crippen LogP contribution in [-0.2, 0) is 13.0 Å². The molecule has 4 nitrogen and oxygen atoms in total. The molecule has 0 saturated carbocycles. The predicted octanol–water partition coefficient (Wildman–Crippen LogP) is 2.71. The van der Waals surface area contributed by atoms with Crippen molar-refractivity contribution in [3.05, 3.63) is 56.5 Å². The molecule has 1 aromatic carbocycles. The number of benzene rings is 1. The van der Waals surface area contributed by atoms with Gasteiger partial charge in [0.05, 0.1) is 6.33 Å². The first-order chi connectivity index (χ1) is 8.70. The van der Waals surface area contributed by atoms with Crippen LogP contribution in [0.3, 0.4) is 0 Å². The van der Waals surface area contributed by atoms with E-state index in [0.29, 0.717) is 16.8 Å². The summed E-state index contributed by atoms with van der Waals surface area (Å²) in [6, 6.07) is 8.37. The zero-order chi connectivity index (χ0) is 13.0. The Balaban J connectivity index is 2.06. The third-order valence-electron chi connectivity index (χ3n) is 2.69. The van der Waals surface area contributed by atoms with Gasteiger partial charge in [-0.05, 0) is 33.5 Å². The smallest absolute Gasteiger partial charge is 0.267 e. The Kier molecular flexibility index (Phi) is 4.15. The van der Waals surface area contributed by atoms with Crippen LogP contribution in [0, 0.1) is 0 Å². The van der Waals surface area contributed by atoms with Crippen LogP contribution in [0.4, 0.5) is 5.82 Å². The molecule has 2 N–H and O–H groups in total. The summed E-state index contributed by atoms with van der Waals surface area (Å²) in [5.41, 5.74) is 2.28. The number of aryl methyl sites for hydroxylation is 1. The number of rotatable bonds is 4. The second-order valence-electron chi connectivity index (χ2n) is 3.92. The Morgan fingerprint density at radius 1 is 1.28 bits per heavy atom. The highest BCUT2D eigenvalue weighted by Crippen LogP contribution is 2.14. The molecular weight excluding hydrogens is 294 g/mol. The Labute approximate surface area is 114 Å². The number of hydrogen-bond acceptors (Lipinski definition) is 3. The highest BCUT2D eigenvalue weighted by atomic mass is 79.9. The van der Waals surface area contributed by atoms with E-state index in [0.717, 1.165) is 12.0 Å². The molecule has 0 aliphatic carbocycles. The Morgan fingerprint density at radius 3 is 2.61 bits per heavy atom. The van der Waals surface area contributed by atoms with Gasteiger partial charge in [-0.1, -0.05) is 31.2 Å². The molecule has 0 amide bonds. The van der Waals surface area contributed by atoms with Crippen molar-refractivity contribution < 1.29 is 0 Å². The quantitative estimate of drug-likeness (QED) is 0.913. The van der Waals surface area contributed by atoms with Crippen molar-refractivity contribution in [2.45, 2.75) is 19.9 Å². The molecule has 0 atom stereocenters. The van der Waals surface area contributed by atoms with E-state index in [1.807, 2.05) is 0 Å². The van der Waals surface area contributed by atoms with Gasteiger partial charge in [0.15, 0.2) is 0 Å². The van der Waals surface area contributed by atoms with Gasteiger partial charge in [0.25, 0.3) is 5.56 Å². The lowest BCUT2D eigenvalue weighted by Gasteiger charge is -2.07.